The molecular weight excluding hydrogens is 292 g/mol. The van der Waals surface area contributed by atoms with E-state index in [0.29, 0.717) is 12.4 Å². The van der Waals surface area contributed by atoms with Crippen molar-refractivity contribution in [2.24, 2.45) is 0 Å². The van der Waals surface area contributed by atoms with Crippen LogP contribution in [0.15, 0.2) is 6.20 Å². The Morgan fingerprint density at radius 2 is 2.38 bits per heavy atom. The molecule has 112 valence electrons. The molecule has 8 heteroatoms. The maximum Gasteiger partial charge on any atom is 0.317 e. The third kappa shape index (κ3) is 3.73. The Balaban J connectivity index is 2.06. The smallest absolute Gasteiger partial charge is 0.317 e. The quantitative estimate of drug-likeness (QED) is 0.888. The lowest BCUT2D eigenvalue weighted by molar-refractivity contribution is 0.211. The molecule has 0 saturated carbocycles. The lowest BCUT2D eigenvalue weighted by Crippen LogP contribution is -2.50. The predicted octanol–water partition coefficient (Wildman–Crippen LogP) is 1.24. The third-order valence-electron chi connectivity index (χ3n) is 3.30. The van der Waals surface area contributed by atoms with Crippen LogP contribution in [0.2, 0.25) is 5.15 Å². The van der Waals surface area contributed by atoms with Crippen LogP contribution in [-0.2, 0) is 0 Å². The van der Waals surface area contributed by atoms with Crippen molar-refractivity contribution in [3.05, 3.63) is 17.0 Å². The SMILES string of the molecule is CN(C)C(=O)NC1CCCN(c2cnc(C#N)c(Cl)n2)C1. The lowest BCUT2D eigenvalue weighted by Gasteiger charge is -2.34. The molecule has 1 aliphatic heterocycles. The minimum atomic E-state index is -0.106. The van der Waals surface area contributed by atoms with Crippen LogP contribution in [0.3, 0.4) is 0 Å². The first-order valence-corrected chi connectivity index (χ1v) is 7.04. The molecule has 7 nitrogen and oxygen atoms in total. The Labute approximate surface area is 128 Å². The first-order chi connectivity index (χ1) is 10.0. The molecule has 1 aromatic rings. The van der Waals surface area contributed by atoms with Crippen LogP contribution >= 0.6 is 11.6 Å². The first-order valence-electron chi connectivity index (χ1n) is 6.66. The van der Waals surface area contributed by atoms with Crippen molar-refractivity contribution in [1.29, 1.82) is 5.26 Å². The fraction of sp³-hybridized carbons (Fsp3) is 0.538. The number of carbonyl (C=O) groups is 1. The number of nitrogens with zero attached hydrogens (tertiary/aromatic N) is 5. The average molecular weight is 309 g/mol. The third-order valence-corrected chi connectivity index (χ3v) is 3.57. The number of nitriles is 1. The summed E-state index contributed by atoms with van der Waals surface area (Å²) in [7, 11) is 3.42. The van der Waals surface area contributed by atoms with Crippen molar-refractivity contribution in [2.75, 3.05) is 32.1 Å². The number of rotatable bonds is 2. The van der Waals surface area contributed by atoms with Gasteiger partial charge in [-0.15, -0.1) is 0 Å². The van der Waals surface area contributed by atoms with Gasteiger partial charge in [-0.2, -0.15) is 5.26 Å². The zero-order valence-corrected chi connectivity index (χ0v) is 12.8. The van der Waals surface area contributed by atoms with Crippen LogP contribution in [-0.4, -0.2) is 54.1 Å². The van der Waals surface area contributed by atoms with Crippen molar-refractivity contribution in [3.63, 3.8) is 0 Å². The number of piperidine rings is 1. The van der Waals surface area contributed by atoms with E-state index in [2.05, 4.69) is 15.3 Å². The second-order valence-electron chi connectivity index (χ2n) is 5.11. The highest BCUT2D eigenvalue weighted by atomic mass is 35.5. The number of aromatic nitrogens is 2. The molecule has 2 amide bonds. The topological polar surface area (TPSA) is 85.2 Å². The molecule has 0 radical (unpaired) electrons. The molecule has 2 heterocycles. The summed E-state index contributed by atoms with van der Waals surface area (Å²) in [4.78, 5) is 23.4. The van der Waals surface area contributed by atoms with Crippen molar-refractivity contribution < 1.29 is 4.79 Å². The van der Waals surface area contributed by atoms with Crippen molar-refractivity contribution in [3.8, 4) is 6.07 Å². The summed E-state index contributed by atoms with van der Waals surface area (Å²) in [6, 6.07) is 1.84. The van der Waals surface area contributed by atoms with Crippen LogP contribution in [0, 0.1) is 11.3 Å². The van der Waals surface area contributed by atoms with Gasteiger partial charge in [-0.25, -0.2) is 14.8 Å². The fourth-order valence-electron chi connectivity index (χ4n) is 2.19. The van der Waals surface area contributed by atoms with Crippen molar-refractivity contribution >= 4 is 23.4 Å². The van der Waals surface area contributed by atoms with E-state index in [9.17, 15) is 4.79 Å². The van der Waals surface area contributed by atoms with Crippen molar-refractivity contribution in [1.82, 2.24) is 20.2 Å². The lowest BCUT2D eigenvalue weighted by atomic mass is 10.1. The molecule has 0 bridgehead atoms. The molecule has 1 unspecified atom stereocenters. The summed E-state index contributed by atoms with van der Waals surface area (Å²) in [6.45, 7) is 1.47. The minimum Gasteiger partial charge on any atom is -0.353 e. The molecule has 0 aromatic carbocycles. The monoisotopic (exact) mass is 308 g/mol. The highest BCUT2D eigenvalue weighted by Crippen LogP contribution is 2.20. The molecule has 1 N–H and O–H groups in total. The Kier molecular flexibility index (Phi) is 4.81. The van der Waals surface area contributed by atoms with E-state index in [1.54, 1.807) is 20.3 Å². The van der Waals surface area contributed by atoms with E-state index in [1.165, 1.54) is 4.90 Å². The maximum atomic E-state index is 11.7. The highest BCUT2D eigenvalue weighted by molar-refractivity contribution is 6.30. The van der Waals surface area contributed by atoms with Gasteiger partial charge in [0.15, 0.2) is 10.8 Å². The molecule has 0 spiro atoms. The number of carbonyl (C=O) groups excluding carboxylic acids is 1. The molecule has 1 aliphatic rings. The Morgan fingerprint density at radius 3 is 3.00 bits per heavy atom. The van der Waals surface area contributed by atoms with Gasteiger partial charge in [0, 0.05) is 33.2 Å². The van der Waals surface area contributed by atoms with Gasteiger partial charge in [-0.3, -0.25) is 0 Å². The van der Waals surface area contributed by atoms with E-state index in [1.807, 2.05) is 11.0 Å². The number of urea groups is 1. The van der Waals surface area contributed by atoms with Gasteiger partial charge in [0.1, 0.15) is 11.9 Å². The zero-order chi connectivity index (χ0) is 15.4. The number of nitrogens with one attached hydrogen (secondary N) is 1. The summed E-state index contributed by atoms with van der Waals surface area (Å²) in [6.07, 6.45) is 3.41. The zero-order valence-electron chi connectivity index (χ0n) is 12.0. The number of amides is 2. The molecule has 1 aromatic heterocycles. The summed E-state index contributed by atoms with van der Waals surface area (Å²) in [5.41, 5.74) is 0.120. The van der Waals surface area contributed by atoms with Gasteiger partial charge >= 0.3 is 6.03 Å². The molecule has 0 aliphatic carbocycles. The fourth-order valence-corrected chi connectivity index (χ4v) is 2.37. The van der Waals surface area contributed by atoms with Crippen LogP contribution in [0.25, 0.3) is 0 Å². The average Bonchev–Trinajstić information content (AvgIpc) is 2.47. The van der Waals surface area contributed by atoms with Crippen LogP contribution in [0.4, 0.5) is 10.6 Å². The van der Waals surface area contributed by atoms with E-state index in [-0.39, 0.29) is 22.9 Å². The minimum absolute atomic E-state index is 0.0601. The standard InChI is InChI=1S/C13H17ClN6O/c1-19(2)13(21)17-9-4-3-5-20(8-9)11-7-16-10(6-15)12(14)18-11/h7,9H,3-5,8H2,1-2H3,(H,17,21). The van der Waals surface area contributed by atoms with Gasteiger partial charge in [0.05, 0.1) is 6.20 Å². The van der Waals surface area contributed by atoms with E-state index in [0.717, 1.165) is 19.4 Å². The second-order valence-corrected chi connectivity index (χ2v) is 5.47. The van der Waals surface area contributed by atoms with Gasteiger partial charge < -0.3 is 15.1 Å². The molecular formula is C13H17ClN6O. The van der Waals surface area contributed by atoms with Crippen LogP contribution in [0.5, 0.6) is 0 Å². The largest absolute Gasteiger partial charge is 0.353 e. The highest BCUT2D eigenvalue weighted by Gasteiger charge is 2.23. The number of hydrogen-bond donors (Lipinski definition) is 1. The second kappa shape index (κ2) is 6.59. The normalized spacial score (nSPS) is 18.0. The summed E-state index contributed by atoms with van der Waals surface area (Å²) >= 11 is 5.91. The van der Waals surface area contributed by atoms with Gasteiger partial charge in [-0.05, 0) is 12.8 Å². The number of hydrogen-bond acceptors (Lipinski definition) is 5. The first kappa shape index (κ1) is 15.3. The van der Waals surface area contributed by atoms with Crippen LogP contribution < -0.4 is 10.2 Å². The van der Waals surface area contributed by atoms with Gasteiger partial charge in [0.2, 0.25) is 0 Å². The Bertz CT molecular complexity index is 570. The number of halogens is 1. The molecule has 1 fully saturated rings. The summed E-state index contributed by atoms with van der Waals surface area (Å²) in [5.74, 6) is 0.628. The Morgan fingerprint density at radius 1 is 1.62 bits per heavy atom. The predicted molar refractivity (Wildman–Crippen MR) is 79.2 cm³/mol. The van der Waals surface area contributed by atoms with E-state index >= 15 is 0 Å². The Hall–Kier alpha value is -2.07. The molecule has 1 saturated heterocycles. The van der Waals surface area contributed by atoms with Crippen molar-refractivity contribution in [2.45, 2.75) is 18.9 Å². The number of anilines is 1. The summed E-state index contributed by atoms with van der Waals surface area (Å²) < 4.78 is 0. The van der Waals surface area contributed by atoms with Crippen LogP contribution in [0.1, 0.15) is 18.5 Å². The summed E-state index contributed by atoms with van der Waals surface area (Å²) in [5, 5.41) is 11.9. The van der Waals surface area contributed by atoms with E-state index < -0.39 is 0 Å². The molecule has 2 rings (SSSR count). The maximum absolute atomic E-state index is 11.7. The van der Waals surface area contributed by atoms with Gasteiger partial charge in [-0.1, -0.05) is 11.6 Å². The van der Waals surface area contributed by atoms with Gasteiger partial charge in [0.25, 0.3) is 0 Å². The van der Waals surface area contributed by atoms with E-state index in [4.69, 9.17) is 16.9 Å². The molecule has 1 atom stereocenters. The molecule has 21 heavy (non-hydrogen) atoms.